The number of amides is 1. The SMILES string of the molecule is O=C(O)N1CCN(c2ccccc2)C1c1ccccc1. The molecule has 2 aromatic carbocycles. The van der Waals surface area contributed by atoms with Gasteiger partial charge in [-0.15, -0.1) is 0 Å². The van der Waals surface area contributed by atoms with E-state index in [0.717, 1.165) is 11.3 Å². The molecule has 1 saturated heterocycles. The summed E-state index contributed by atoms with van der Waals surface area (Å²) in [5.41, 5.74) is 2.04. The standard InChI is InChI=1S/C16H16N2O2/c19-16(20)18-12-11-17(14-9-5-2-6-10-14)15(18)13-7-3-1-4-8-13/h1-10,15H,11-12H2,(H,19,20). The van der Waals surface area contributed by atoms with Crippen molar-refractivity contribution in [1.82, 2.24) is 4.90 Å². The molecule has 0 bridgehead atoms. The second-order valence-electron chi connectivity index (χ2n) is 4.79. The smallest absolute Gasteiger partial charge is 0.409 e. The van der Waals surface area contributed by atoms with Crippen LogP contribution >= 0.6 is 0 Å². The normalized spacial score (nSPS) is 18.3. The fraction of sp³-hybridized carbons (Fsp3) is 0.188. The Morgan fingerprint density at radius 2 is 1.55 bits per heavy atom. The Bertz CT molecular complexity index is 586. The molecule has 0 aliphatic carbocycles. The van der Waals surface area contributed by atoms with E-state index in [0.29, 0.717) is 13.1 Å². The van der Waals surface area contributed by atoms with Crippen LogP contribution in [0.2, 0.25) is 0 Å². The van der Waals surface area contributed by atoms with Gasteiger partial charge in [-0.2, -0.15) is 0 Å². The average molecular weight is 268 g/mol. The molecular formula is C16H16N2O2. The molecule has 1 atom stereocenters. The second-order valence-corrected chi connectivity index (χ2v) is 4.79. The van der Waals surface area contributed by atoms with Crippen LogP contribution < -0.4 is 4.90 Å². The Hall–Kier alpha value is -2.49. The fourth-order valence-electron chi connectivity index (χ4n) is 2.70. The highest BCUT2D eigenvalue weighted by atomic mass is 16.4. The summed E-state index contributed by atoms with van der Waals surface area (Å²) >= 11 is 0. The van der Waals surface area contributed by atoms with Crippen molar-refractivity contribution in [2.45, 2.75) is 6.17 Å². The summed E-state index contributed by atoms with van der Waals surface area (Å²) in [6, 6.07) is 19.7. The third kappa shape index (κ3) is 2.20. The number of hydrogen-bond acceptors (Lipinski definition) is 2. The molecular weight excluding hydrogens is 252 g/mol. The van der Waals surface area contributed by atoms with Crippen LogP contribution in [-0.2, 0) is 0 Å². The molecule has 4 heteroatoms. The summed E-state index contributed by atoms with van der Waals surface area (Å²) in [4.78, 5) is 15.1. The van der Waals surface area contributed by atoms with Gasteiger partial charge in [0.1, 0.15) is 6.17 Å². The Morgan fingerprint density at radius 3 is 2.15 bits per heavy atom. The maximum Gasteiger partial charge on any atom is 0.409 e. The maximum atomic E-state index is 11.5. The van der Waals surface area contributed by atoms with Gasteiger partial charge in [0.25, 0.3) is 0 Å². The fourth-order valence-corrected chi connectivity index (χ4v) is 2.70. The minimum Gasteiger partial charge on any atom is -0.465 e. The maximum absolute atomic E-state index is 11.5. The number of benzene rings is 2. The zero-order chi connectivity index (χ0) is 13.9. The van der Waals surface area contributed by atoms with Gasteiger partial charge in [-0.05, 0) is 17.7 Å². The third-order valence-electron chi connectivity index (χ3n) is 3.60. The molecule has 0 spiro atoms. The van der Waals surface area contributed by atoms with Gasteiger partial charge in [0.15, 0.2) is 0 Å². The molecule has 102 valence electrons. The first kappa shape index (κ1) is 12.5. The van der Waals surface area contributed by atoms with Gasteiger partial charge >= 0.3 is 6.09 Å². The van der Waals surface area contributed by atoms with Crippen molar-refractivity contribution in [3.8, 4) is 0 Å². The lowest BCUT2D eigenvalue weighted by molar-refractivity contribution is 0.140. The molecule has 1 amide bonds. The van der Waals surface area contributed by atoms with E-state index < -0.39 is 6.09 Å². The quantitative estimate of drug-likeness (QED) is 0.909. The van der Waals surface area contributed by atoms with E-state index in [9.17, 15) is 9.90 Å². The number of hydrogen-bond donors (Lipinski definition) is 1. The first-order chi connectivity index (χ1) is 9.77. The van der Waals surface area contributed by atoms with Gasteiger partial charge in [0.05, 0.1) is 0 Å². The minimum absolute atomic E-state index is 0.254. The first-order valence-electron chi connectivity index (χ1n) is 6.63. The molecule has 20 heavy (non-hydrogen) atoms. The molecule has 1 unspecified atom stereocenters. The van der Waals surface area contributed by atoms with Crippen LogP contribution in [0, 0.1) is 0 Å². The molecule has 1 fully saturated rings. The average Bonchev–Trinajstić information content (AvgIpc) is 2.94. The van der Waals surface area contributed by atoms with Crippen LogP contribution in [0.5, 0.6) is 0 Å². The zero-order valence-corrected chi connectivity index (χ0v) is 11.0. The Labute approximate surface area is 117 Å². The van der Waals surface area contributed by atoms with Gasteiger partial charge in [0.2, 0.25) is 0 Å². The van der Waals surface area contributed by atoms with Gasteiger partial charge < -0.3 is 10.0 Å². The zero-order valence-electron chi connectivity index (χ0n) is 11.0. The third-order valence-corrected chi connectivity index (χ3v) is 3.60. The predicted octanol–water partition coefficient (Wildman–Crippen LogP) is 3.19. The second kappa shape index (κ2) is 5.25. The van der Waals surface area contributed by atoms with E-state index in [-0.39, 0.29) is 6.17 Å². The molecule has 3 rings (SSSR count). The molecule has 0 saturated carbocycles. The van der Waals surface area contributed by atoms with E-state index in [1.807, 2.05) is 60.7 Å². The number of rotatable bonds is 2. The summed E-state index contributed by atoms with van der Waals surface area (Å²) in [5.74, 6) is 0. The van der Waals surface area contributed by atoms with Crippen LogP contribution in [0.15, 0.2) is 60.7 Å². The molecule has 0 aromatic heterocycles. The number of nitrogens with zero attached hydrogens (tertiary/aromatic N) is 2. The topological polar surface area (TPSA) is 43.8 Å². The summed E-state index contributed by atoms with van der Waals surface area (Å²) in [5, 5.41) is 9.41. The van der Waals surface area contributed by atoms with E-state index in [2.05, 4.69) is 4.90 Å². The van der Waals surface area contributed by atoms with Crippen molar-refractivity contribution < 1.29 is 9.90 Å². The lowest BCUT2D eigenvalue weighted by atomic mass is 10.1. The molecule has 2 aromatic rings. The summed E-state index contributed by atoms with van der Waals surface area (Å²) < 4.78 is 0. The van der Waals surface area contributed by atoms with E-state index in [4.69, 9.17) is 0 Å². The van der Waals surface area contributed by atoms with Crippen molar-refractivity contribution in [2.75, 3.05) is 18.0 Å². The highest BCUT2D eigenvalue weighted by Crippen LogP contribution is 2.34. The molecule has 1 N–H and O–H groups in total. The van der Waals surface area contributed by atoms with E-state index in [1.54, 1.807) is 0 Å². The number of para-hydroxylation sites is 1. The lowest BCUT2D eigenvalue weighted by Crippen LogP contribution is -2.34. The molecule has 1 heterocycles. The van der Waals surface area contributed by atoms with Gasteiger partial charge in [0, 0.05) is 18.8 Å². The van der Waals surface area contributed by atoms with Crippen molar-refractivity contribution in [2.24, 2.45) is 0 Å². The van der Waals surface area contributed by atoms with Crippen LogP contribution in [0.3, 0.4) is 0 Å². The lowest BCUT2D eigenvalue weighted by Gasteiger charge is -2.30. The van der Waals surface area contributed by atoms with Crippen LogP contribution in [0.4, 0.5) is 10.5 Å². The molecule has 0 radical (unpaired) electrons. The molecule has 1 aliphatic heterocycles. The highest BCUT2D eigenvalue weighted by Gasteiger charge is 2.36. The highest BCUT2D eigenvalue weighted by molar-refractivity contribution is 5.68. The van der Waals surface area contributed by atoms with E-state index >= 15 is 0 Å². The minimum atomic E-state index is -0.878. The number of carbonyl (C=O) groups is 1. The number of anilines is 1. The molecule has 1 aliphatic rings. The van der Waals surface area contributed by atoms with E-state index in [1.165, 1.54) is 4.90 Å². The van der Waals surface area contributed by atoms with Crippen molar-refractivity contribution in [1.29, 1.82) is 0 Å². The molecule has 4 nitrogen and oxygen atoms in total. The monoisotopic (exact) mass is 268 g/mol. The number of carboxylic acid groups (broad SMARTS) is 1. The predicted molar refractivity (Wildman–Crippen MR) is 77.7 cm³/mol. The Kier molecular flexibility index (Phi) is 3.29. The van der Waals surface area contributed by atoms with Crippen LogP contribution in [0.25, 0.3) is 0 Å². The van der Waals surface area contributed by atoms with Gasteiger partial charge in [-0.1, -0.05) is 48.5 Å². The van der Waals surface area contributed by atoms with Gasteiger partial charge in [-0.25, -0.2) is 4.79 Å². The van der Waals surface area contributed by atoms with Crippen LogP contribution in [0.1, 0.15) is 11.7 Å². The summed E-state index contributed by atoms with van der Waals surface area (Å²) in [7, 11) is 0. The van der Waals surface area contributed by atoms with Crippen LogP contribution in [-0.4, -0.2) is 29.2 Å². The largest absolute Gasteiger partial charge is 0.465 e. The van der Waals surface area contributed by atoms with Crippen molar-refractivity contribution in [3.63, 3.8) is 0 Å². The summed E-state index contributed by atoms with van der Waals surface area (Å²) in [6.07, 6.45) is -1.13. The first-order valence-corrected chi connectivity index (χ1v) is 6.63. The Balaban J connectivity index is 2.00. The Morgan fingerprint density at radius 1 is 0.950 bits per heavy atom. The van der Waals surface area contributed by atoms with Crippen molar-refractivity contribution in [3.05, 3.63) is 66.2 Å². The van der Waals surface area contributed by atoms with Crippen molar-refractivity contribution >= 4 is 11.8 Å². The summed E-state index contributed by atoms with van der Waals surface area (Å²) in [6.45, 7) is 1.22. The van der Waals surface area contributed by atoms with Gasteiger partial charge in [-0.3, -0.25) is 4.90 Å².